The zero-order valence-electron chi connectivity index (χ0n) is 15.5. The number of rotatable bonds is 6. The quantitative estimate of drug-likeness (QED) is 0.869. The lowest BCUT2D eigenvalue weighted by Crippen LogP contribution is -2.37. The number of hydrogen-bond acceptors (Lipinski definition) is 3. The molecule has 0 spiro atoms. The summed E-state index contributed by atoms with van der Waals surface area (Å²) >= 11 is 0. The standard InChI is InChI=1S/C21H28N4O/c1-2-11-24-13-10-22-20(24)15-23-21(26)17-14-19(16-7-4-3-5-8-16)25-12-6-9-18(17)25/h3-5,7-8,10,13,17-19H,2,6,9,11-12,14-15H2,1H3,(H,23,26)/t17-,18+,19-/m1/s1. The van der Waals surface area contributed by atoms with Gasteiger partial charge in [-0.2, -0.15) is 0 Å². The lowest BCUT2D eigenvalue weighted by molar-refractivity contribution is -0.125. The van der Waals surface area contributed by atoms with Gasteiger partial charge in [-0.05, 0) is 37.8 Å². The number of aryl methyl sites for hydroxylation is 1. The lowest BCUT2D eigenvalue weighted by atomic mass is 9.93. The maximum absolute atomic E-state index is 13.0. The molecule has 1 aromatic heterocycles. The van der Waals surface area contributed by atoms with Gasteiger partial charge >= 0.3 is 0 Å². The van der Waals surface area contributed by atoms with Crippen LogP contribution in [0.4, 0.5) is 0 Å². The van der Waals surface area contributed by atoms with E-state index in [1.54, 1.807) is 0 Å². The zero-order chi connectivity index (χ0) is 17.9. The highest BCUT2D eigenvalue weighted by Crippen LogP contribution is 2.44. The number of nitrogens with zero attached hydrogens (tertiary/aromatic N) is 3. The Labute approximate surface area is 155 Å². The van der Waals surface area contributed by atoms with E-state index in [0.29, 0.717) is 18.6 Å². The average molecular weight is 352 g/mol. The molecule has 4 rings (SSSR count). The Bertz CT molecular complexity index is 741. The van der Waals surface area contributed by atoms with Crippen LogP contribution >= 0.6 is 0 Å². The highest BCUT2D eigenvalue weighted by molar-refractivity contribution is 5.80. The van der Waals surface area contributed by atoms with Crippen LogP contribution < -0.4 is 5.32 Å². The first-order valence-electron chi connectivity index (χ1n) is 9.86. The molecule has 0 bridgehead atoms. The van der Waals surface area contributed by atoms with E-state index >= 15 is 0 Å². The fourth-order valence-corrected chi connectivity index (χ4v) is 4.70. The van der Waals surface area contributed by atoms with Crippen LogP contribution in [0.25, 0.3) is 0 Å². The molecule has 2 aromatic rings. The second kappa shape index (κ2) is 7.62. The van der Waals surface area contributed by atoms with E-state index in [-0.39, 0.29) is 11.8 Å². The molecule has 2 aliphatic heterocycles. The molecule has 0 unspecified atom stereocenters. The largest absolute Gasteiger partial charge is 0.349 e. The van der Waals surface area contributed by atoms with Crippen molar-refractivity contribution in [3.05, 3.63) is 54.1 Å². The molecule has 0 radical (unpaired) electrons. The summed E-state index contributed by atoms with van der Waals surface area (Å²) in [6, 6.07) is 11.4. The number of nitrogens with one attached hydrogen (secondary N) is 1. The van der Waals surface area contributed by atoms with Gasteiger partial charge in [-0.15, -0.1) is 0 Å². The summed E-state index contributed by atoms with van der Waals surface area (Å²) in [7, 11) is 0. The predicted molar refractivity (Wildman–Crippen MR) is 101 cm³/mol. The lowest BCUT2D eigenvalue weighted by Gasteiger charge is -2.24. The minimum Gasteiger partial charge on any atom is -0.349 e. The number of amides is 1. The van der Waals surface area contributed by atoms with E-state index in [4.69, 9.17) is 0 Å². The molecule has 1 aromatic carbocycles. The minimum atomic E-state index is 0.0808. The first-order valence-corrected chi connectivity index (χ1v) is 9.86. The second-order valence-electron chi connectivity index (χ2n) is 7.47. The molecule has 1 amide bonds. The van der Waals surface area contributed by atoms with Gasteiger partial charge in [0, 0.05) is 31.0 Å². The van der Waals surface area contributed by atoms with E-state index in [9.17, 15) is 4.79 Å². The monoisotopic (exact) mass is 352 g/mol. The molecule has 2 fully saturated rings. The van der Waals surface area contributed by atoms with Gasteiger partial charge in [0.15, 0.2) is 0 Å². The van der Waals surface area contributed by atoms with Crippen molar-refractivity contribution in [3.8, 4) is 0 Å². The van der Waals surface area contributed by atoms with Crippen molar-refractivity contribution in [2.45, 2.75) is 57.8 Å². The number of benzene rings is 1. The summed E-state index contributed by atoms with van der Waals surface area (Å²) in [5.74, 6) is 1.21. The average Bonchev–Trinajstić information content (AvgIpc) is 3.37. The van der Waals surface area contributed by atoms with Gasteiger partial charge in [0.05, 0.1) is 12.5 Å². The molecule has 26 heavy (non-hydrogen) atoms. The molecule has 1 N–H and O–H groups in total. The first kappa shape index (κ1) is 17.3. The van der Waals surface area contributed by atoms with Crippen molar-refractivity contribution in [2.24, 2.45) is 5.92 Å². The first-order chi connectivity index (χ1) is 12.8. The summed E-state index contributed by atoms with van der Waals surface area (Å²) in [6.07, 6.45) is 8.12. The Balaban J connectivity index is 1.43. The van der Waals surface area contributed by atoms with Gasteiger partial charge in [0.25, 0.3) is 0 Å². The third-order valence-electron chi connectivity index (χ3n) is 5.89. The molecule has 2 saturated heterocycles. The molecular formula is C21H28N4O. The van der Waals surface area contributed by atoms with Crippen LogP contribution in [0.1, 0.15) is 50.0 Å². The van der Waals surface area contributed by atoms with Gasteiger partial charge < -0.3 is 9.88 Å². The third kappa shape index (κ3) is 3.28. The number of fused-ring (bicyclic) bond motifs is 1. The molecule has 0 saturated carbocycles. The van der Waals surface area contributed by atoms with E-state index in [0.717, 1.165) is 38.2 Å². The summed E-state index contributed by atoms with van der Waals surface area (Å²) in [5, 5.41) is 3.16. The fourth-order valence-electron chi connectivity index (χ4n) is 4.70. The van der Waals surface area contributed by atoms with Crippen molar-refractivity contribution in [3.63, 3.8) is 0 Å². The molecule has 3 atom stereocenters. The van der Waals surface area contributed by atoms with Crippen LogP contribution in [0.2, 0.25) is 0 Å². The number of hydrogen-bond donors (Lipinski definition) is 1. The van der Waals surface area contributed by atoms with Gasteiger partial charge in [0.1, 0.15) is 5.82 Å². The van der Waals surface area contributed by atoms with Crippen molar-refractivity contribution >= 4 is 5.91 Å². The van der Waals surface area contributed by atoms with Crippen molar-refractivity contribution in [2.75, 3.05) is 6.54 Å². The van der Waals surface area contributed by atoms with Gasteiger partial charge in [-0.1, -0.05) is 37.3 Å². The molecule has 2 aliphatic rings. The normalized spacial score (nSPS) is 25.3. The van der Waals surface area contributed by atoms with E-state index in [1.807, 2.05) is 12.4 Å². The topological polar surface area (TPSA) is 50.2 Å². The Morgan fingerprint density at radius 1 is 1.31 bits per heavy atom. The summed E-state index contributed by atoms with van der Waals surface area (Å²) in [5.41, 5.74) is 1.34. The van der Waals surface area contributed by atoms with Crippen LogP contribution in [0.3, 0.4) is 0 Å². The van der Waals surface area contributed by atoms with Crippen molar-refractivity contribution in [1.29, 1.82) is 0 Å². The minimum absolute atomic E-state index is 0.0808. The van der Waals surface area contributed by atoms with Crippen molar-refractivity contribution < 1.29 is 4.79 Å². The van der Waals surface area contributed by atoms with Gasteiger partial charge in [0.2, 0.25) is 5.91 Å². The maximum atomic E-state index is 13.0. The number of carbonyl (C=O) groups excluding carboxylic acids is 1. The zero-order valence-corrected chi connectivity index (χ0v) is 15.5. The smallest absolute Gasteiger partial charge is 0.225 e. The SMILES string of the molecule is CCCn1ccnc1CNC(=O)[C@@H]1C[C@H](c2ccccc2)N2CCC[C@@H]12. The molecular weight excluding hydrogens is 324 g/mol. The van der Waals surface area contributed by atoms with Crippen LogP contribution in [-0.4, -0.2) is 32.9 Å². The number of carbonyl (C=O) groups is 1. The van der Waals surface area contributed by atoms with E-state index in [2.05, 4.69) is 57.0 Å². The summed E-state index contributed by atoms with van der Waals surface area (Å²) in [6.45, 7) is 4.72. The van der Waals surface area contributed by atoms with Crippen LogP contribution in [-0.2, 0) is 17.9 Å². The van der Waals surface area contributed by atoms with Crippen LogP contribution in [0, 0.1) is 5.92 Å². The molecule has 5 heteroatoms. The Morgan fingerprint density at radius 2 is 2.15 bits per heavy atom. The molecule has 5 nitrogen and oxygen atoms in total. The highest BCUT2D eigenvalue weighted by Gasteiger charge is 2.46. The highest BCUT2D eigenvalue weighted by atomic mass is 16.2. The van der Waals surface area contributed by atoms with E-state index in [1.165, 1.54) is 12.0 Å². The maximum Gasteiger partial charge on any atom is 0.225 e. The van der Waals surface area contributed by atoms with Gasteiger partial charge in [-0.3, -0.25) is 9.69 Å². The Morgan fingerprint density at radius 3 is 2.96 bits per heavy atom. The number of imidazole rings is 1. The Kier molecular flexibility index (Phi) is 5.07. The third-order valence-corrected chi connectivity index (χ3v) is 5.89. The fraction of sp³-hybridized carbons (Fsp3) is 0.524. The molecule has 3 heterocycles. The molecule has 138 valence electrons. The van der Waals surface area contributed by atoms with Crippen LogP contribution in [0.5, 0.6) is 0 Å². The Hall–Kier alpha value is -2.14. The summed E-state index contributed by atoms with van der Waals surface area (Å²) < 4.78 is 2.13. The second-order valence-corrected chi connectivity index (χ2v) is 7.47. The molecule has 0 aliphatic carbocycles. The van der Waals surface area contributed by atoms with Crippen molar-refractivity contribution in [1.82, 2.24) is 19.8 Å². The van der Waals surface area contributed by atoms with Crippen LogP contribution in [0.15, 0.2) is 42.7 Å². The van der Waals surface area contributed by atoms with E-state index < -0.39 is 0 Å². The number of aromatic nitrogens is 2. The van der Waals surface area contributed by atoms with Gasteiger partial charge in [-0.25, -0.2) is 4.98 Å². The predicted octanol–water partition coefficient (Wildman–Crippen LogP) is 3.13. The summed E-state index contributed by atoms with van der Waals surface area (Å²) in [4.78, 5) is 19.9.